The summed E-state index contributed by atoms with van der Waals surface area (Å²) in [6.07, 6.45) is 4.72. The zero-order valence-electron chi connectivity index (χ0n) is 13.8. The zero-order valence-corrected chi connectivity index (χ0v) is 13.8. The quantitative estimate of drug-likeness (QED) is 0.429. The highest BCUT2D eigenvalue weighted by Gasteiger charge is 2.05. The molecular formula is C17H23NO5. The molecule has 0 aliphatic rings. The van der Waals surface area contributed by atoms with E-state index in [0.29, 0.717) is 18.0 Å². The van der Waals surface area contributed by atoms with Crippen molar-refractivity contribution in [2.75, 3.05) is 27.4 Å². The van der Waals surface area contributed by atoms with Gasteiger partial charge in [0.25, 0.3) is 5.91 Å². The van der Waals surface area contributed by atoms with Crippen molar-refractivity contribution < 1.29 is 23.8 Å². The Kier molecular flexibility index (Phi) is 8.28. The summed E-state index contributed by atoms with van der Waals surface area (Å²) in [6.45, 7) is 2.34. The maximum absolute atomic E-state index is 11.6. The van der Waals surface area contributed by atoms with Crippen LogP contribution in [0.5, 0.6) is 11.5 Å². The number of carbonyl (C=O) groups is 2. The van der Waals surface area contributed by atoms with Crippen LogP contribution in [0.25, 0.3) is 6.08 Å². The van der Waals surface area contributed by atoms with Gasteiger partial charge in [-0.25, -0.2) is 4.79 Å². The molecule has 6 nitrogen and oxygen atoms in total. The van der Waals surface area contributed by atoms with E-state index in [4.69, 9.17) is 14.2 Å². The highest BCUT2D eigenvalue weighted by molar-refractivity contribution is 5.89. The van der Waals surface area contributed by atoms with E-state index >= 15 is 0 Å². The summed E-state index contributed by atoms with van der Waals surface area (Å²) < 4.78 is 15.2. The molecule has 23 heavy (non-hydrogen) atoms. The standard InChI is InChI=1S/C17H23NO5/c1-4-5-8-18-16(19)12-23-17(20)7-6-13-9-14(21-2)11-15(10-13)22-3/h6-7,9-11H,4-5,8,12H2,1-3H3,(H,18,19)/b7-6+. The van der Waals surface area contributed by atoms with E-state index in [1.165, 1.54) is 6.08 Å². The van der Waals surface area contributed by atoms with Crippen LogP contribution in [0.15, 0.2) is 24.3 Å². The van der Waals surface area contributed by atoms with Gasteiger partial charge in [0.1, 0.15) is 11.5 Å². The fourth-order valence-electron chi connectivity index (χ4n) is 1.73. The van der Waals surface area contributed by atoms with Gasteiger partial charge in [0.05, 0.1) is 14.2 Å². The molecule has 0 aliphatic carbocycles. The van der Waals surface area contributed by atoms with Crippen LogP contribution < -0.4 is 14.8 Å². The van der Waals surface area contributed by atoms with Gasteiger partial charge in [-0.05, 0) is 30.2 Å². The molecule has 0 radical (unpaired) electrons. The number of benzene rings is 1. The zero-order chi connectivity index (χ0) is 17.1. The smallest absolute Gasteiger partial charge is 0.331 e. The number of nitrogens with one attached hydrogen (secondary N) is 1. The summed E-state index contributed by atoms with van der Waals surface area (Å²) >= 11 is 0. The molecule has 126 valence electrons. The minimum Gasteiger partial charge on any atom is -0.497 e. The lowest BCUT2D eigenvalue weighted by atomic mass is 10.2. The molecule has 0 spiro atoms. The maximum atomic E-state index is 11.6. The molecule has 0 fully saturated rings. The number of rotatable bonds is 9. The second kappa shape index (κ2) is 10.3. The average Bonchev–Trinajstić information content (AvgIpc) is 2.57. The number of amides is 1. The van der Waals surface area contributed by atoms with Crippen LogP contribution in [0.2, 0.25) is 0 Å². The lowest BCUT2D eigenvalue weighted by Crippen LogP contribution is -2.29. The minimum absolute atomic E-state index is 0.283. The Morgan fingerprint density at radius 2 is 1.78 bits per heavy atom. The molecule has 1 rings (SSSR count). The summed E-state index contributed by atoms with van der Waals surface area (Å²) in [5.41, 5.74) is 0.727. The van der Waals surface area contributed by atoms with Crippen LogP contribution >= 0.6 is 0 Å². The van der Waals surface area contributed by atoms with Crippen LogP contribution in [0.1, 0.15) is 25.3 Å². The van der Waals surface area contributed by atoms with Crippen molar-refractivity contribution in [2.24, 2.45) is 0 Å². The third-order valence-electron chi connectivity index (χ3n) is 2.98. The lowest BCUT2D eigenvalue weighted by molar-refractivity contribution is -0.143. The SMILES string of the molecule is CCCCNC(=O)COC(=O)/C=C/c1cc(OC)cc(OC)c1. The number of hydrogen-bond acceptors (Lipinski definition) is 5. The summed E-state index contributed by atoms with van der Waals surface area (Å²) in [5, 5.41) is 2.67. The van der Waals surface area contributed by atoms with Crippen molar-refractivity contribution in [1.29, 1.82) is 0 Å². The molecule has 0 aliphatic heterocycles. The number of unbranched alkanes of at least 4 members (excludes halogenated alkanes) is 1. The Balaban J connectivity index is 2.50. The minimum atomic E-state index is -0.586. The summed E-state index contributed by atoms with van der Waals surface area (Å²) in [7, 11) is 3.10. The molecule has 0 saturated carbocycles. The third kappa shape index (κ3) is 7.35. The van der Waals surface area contributed by atoms with Gasteiger partial charge >= 0.3 is 5.97 Å². The van der Waals surface area contributed by atoms with Crippen LogP contribution in [0.4, 0.5) is 0 Å². The monoisotopic (exact) mass is 321 g/mol. The van der Waals surface area contributed by atoms with Crippen molar-refractivity contribution >= 4 is 18.0 Å². The normalized spacial score (nSPS) is 10.4. The number of carbonyl (C=O) groups excluding carboxylic acids is 2. The van der Waals surface area contributed by atoms with E-state index < -0.39 is 5.97 Å². The fourth-order valence-corrected chi connectivity index (χ4v) is 1.73. The van der Waals surface area contributed by atoms with E-state index in [0.717, 1.165) is 18.4 Å². The number of ether oxygens (including phenoxy) is 3. The van der Waals surface area contributed by atoms with E-state index in [1.54, 1.807) is 38.5 Å². The molecule has 0 aromatic heterocycles. The molecule has 1 N–H and O–H groups in total. The Morgan fingerprint density at radius 3 is 2.35 bits per heavy atom. The van der Waals surface area contributed by atoms with Crippen LogP contribution in [0.3, 0.4) is 0 Å². The Morgan fingerprint density at radius 1 is 1.13 bits per heavy atom. The van der Waals surface area contributed by atoms with Crippen molar-refractivity contribution in [3.8, 4) is 11.5 Å². The highest BCUT2D eigenvalue weighted by atomic mass is 16.5. The molecule has 1 aromatic carbocycles. The van der Waals surface area contributed by atoms with Gasteiger partial charge in [-0.2, -0.15) is 0 Å². The summed E-state index contributed by atoms with van der Waals surface area (Å²) in [4.78, 5) is 23.0. The van der Waals surface area contributed by atoms with Gasteiger partial charge in [-0.15, -0.1) is 0 Å². The molecule has 0 saturated heterocycles. The lowest BCUT2D eigenvalue weighted by Gasteiger charge is -2.06. The van der Waals surface area contributed by atoms with Crippen LogP contribution in [-0.2, 0) is 14.3 Å². The first kappa shape index (κ1) is 18.5. The van der Waals surface area contributed by atoms with Gasteiger partial charge < -0.3 is 19.5 Å². The van der Waals surface area contributed by atoms with E-state index in [2.05, 4.69) is 5.32 Å². The van der Waals surface area contributed by atoms with Gasteiger partial charge in [0, 0.05) is 18.7 Å². The van der Waals surface area contributed by atoms with E-state index in [-0.39, 0.29) is 12.5 Å². The van der Waals surface area contributed by atoms with Crippen molar-refractivity contribution in [3.05, 3.63) is 29.8 Å². The second-order valence-corrected chi connectivity index (χ2v) is 4.79. The largest absolute Gasteiger partial charge is 0.497 e. The predicted molar refractivity (Wildman–Crippen MR) is 87.5 cm³/mol. The number of hydrogen-bond donors (Lipinski definition) is 1. The van der Waals surface area contributed by atoms with Crippen molar-refractivity contribution in [1.82, 2.24) is 5.32 Å². The topological polar surface area (TPSA) is 73.9 Å². The van der Waals surface area contributed by atoms with Gasteiger partial charge in [0.15, 0.2) is 6.61 Å². The average molecular weight is 321 g/mol. The maximum Gasteiger partial charge on any atom is 0.331 e. The molecule has 1 amide bonds. The first-order valence-corrected chi connectivity index (χ1v) is 7.43. The molecule has 0 heterocycles. The Hall–Kier alpha value is -2.50. The number of esters is 1. The first-order valence-electron chi connectivity index (χ1n) is 7.43. The van der Waals surface area contributed by atoms with Gasteiger partial charge in [-0.3, -0.25) is 4.79 Å². The van der Waals surface area contributed by atoms with Gasteiger partial charge in [-0.1, -0.05) is 13.3 Å². The highest BCUT2D eigenvalue weighted by Crippen LogP contribution is 2.23. The molecule has 0 unspecified atom stereocenters. The molecule has 6 heteroatoms. The van der Waals surface area contributed by atoms with Crippen molar-refractivity contribution in [3.63, 3.8) is 0 Å². The number of methoxy groups -OCH3 is 2. The van der Waals surface area contributed by atoms with E-state index in [1.807, 2.05) is 6.92 Å². The van der Waals surface area contributed by atoms with Crippen molar-refractivity contribution in [2.45, 2.75) is 19.8 Å². The van der Waals surface area contributed by atoms with Crippen LogP contribution in [0, 0.1) is 0 Å². The Labute approximate surface area is 136 Å². The predicted octanol–water partition coefficient (Wildman–Crippen LogP) is 2.18. The first-order chi connectivity index (χ1) is 11.1. The summed E-state index contributed by atoms with van der Waals surface area (Å²) in [6, 6.07) is 5.24. The molecule has 0 bridgehead atoms. The molecule has 0 atom stereocenters. The third-order valence-corrected chi connectivity index (χ3v) is 2.98. The molecule has 1 aromatic rings. The fraction of sp³-hybridized carbons (Fsp3) is 0.412. The van der Waals surface area contributed by atoms with E-state index in [9.17, 15) is 9.59 Å². The second-order valence-electron chi connectivity index (χ2n) is 4.79. The van der Waals surface area contributed by atoms with Gasteiger partial charge in [0.2, 0.25) is 0 Å². The van der Waals surface area contributed by atoms with Crippen LogP contribution in [-0.4, -0.2) is 39.2 Å². The molecular weight excluding hydrogens is 298 g/mol. The summed E-state index contributed by atoms with van der Waals surface area (Å²) in [5.74, 6) is 0.348. The Bertz CT molecular complexity index is 532.